The predicted molar refractivity (Wildman–Crippen MR) is 81.7 cm³/mol. The van der Waals surface area contributed by atoms with Crippen LogP contribution in [0.1, 0.15) is 24.8 Å². The molecule has 0 spiro atoms. The number of carbonyl (C=O) groups is 1. The number of ether oxygens (including phenoxy) is 2. The van der Waals surface area contributed by atoms with E-state index in [1.807, 2.05) is 18.2 Å². The van der Waals surface area contributed by atoms with Crippen LogP contribution in [0.25, 0.3) is 0 Å². The van der Waals surface area contributed by atoms with Gasteiger partial charge in [0.2, 0.25) is 5.91 Å². The van der Waals surface area contributed by atoms with Crippen molar-refractivity contribution in [1.29, 1.82) is 0 Å². The smallest absolute Gasteiger partial charge is 0.225 e. The third kappa shape index (κ3) is 4.93. The van der Waals surface area contributed by atoms with Crippen LogP contribution >= 0.6 is 0 Å². The fraction of sp³-hybridized carbons (Fsp3) is 0.562. The highest BCUT2D eigenvalue weighted by Gasteiger charge is 2.20. The van der Waals surface area contributed by atoms with Crippen LogP contribution < -0.4 is 14.8 Å². The standard InChI is InChI=1S/C16H24N2O3/c1-18(2)16(19)8-9-21-15-10-14(20-3)7-4-12(15)11-17-13-5-6-13/h4,7,10,13,17H,5-6,8-9,11H2,1-3H3. The van der Waals surface area contributed by atoms with E-state index in [1.54, 1.807) is 26.1 Å². The first-order valence-electron chi connectivity index (χ1n) is 7.33. The summed E-state index contributed by atoms with van der Waals surface area (Å²) in [6.45, 7) is 1.16. The first-order valence-corrected chi connectivity index (χ1v) is 7.33. The number of hydrogen-bond donors (Lipinski definition) is 1. The molecule has 0 aliphatic heterocycles. The fourth-order valence-electron chi connectivity index (χ4n) is 1.96. The van der Waals surface area contributed by atoms with Gasteiger partial charge in [0.05, 0.1) is 20.1 Å². The molecule has 1 saturated carbocycles. The molecular weight excluding hydrogens is 268 g/mol. The van der Waals surface area contributed by atoms with E-state index in [4.69, 9.17) is 9.47 Å². The van der Waals surface area contributed by atoms with Crippen molar-refractivity contribution in [3.8, 4) is 11.5 Å². The summed E-state index contributed by atoms with van der Waals surface area (Å²) >= 11 is 0. The van der Waals surface area contributed by atoms with Crippen molar-refractivity contribution in [1.82, 2.24) is 10.2 Å². The van der Waals surface area contributed by atoms with E-state index in [9.17, 15) is 4.79 Å². The molecule has 1 aliphatic rings. The summed E-state index contributed by atoms with van der Waals surface area (Å²) in [7, 11) is 5.13. The molecule has 1 N–H and O–H groups in total. The first-order chi connectivity index (χ1) is 10.1. The molecule has 0 saturated heterocycles. The van der Waals surface area contributed by atoms with Crippen LogP contribution in [0.3, 0.4) is 0 Å². The lowest BCUT2D eigenvalue weighted by Crippen LogP contribution is -2.23. The molecule has 0 heterocycles. The zero-order chi connectivity index (χ0) is 15.2. The molecule has 1 amide bonds. The van der Waals surface area contributed by atoms with Crippen LogP contribution in [0.15, 0.2) is 18.2 Å². The topological polar surface area (TPSA) is 50.8 Å². The minimum Gasteiger partial charge on any atom is -0.497 e. The minimum absolute atomic E-state index is 0.0653. The number of nitrogens with zero attached hydrogens (tertiary/aromatic N) is 1. The molecule has 116 valence electrons. The molecule has 0 atom stereocenters. The van der Waals surface area contributed by atoms with Gasteiger partial charge in [-0.3, -0.25) is 4.79 Å². The second-order valence-corrected chi connectivity index (χ2v) is 5.52. The van der Waals surface area contributed by atoms with Gasteiger partial charge in [-0.05, 0) is 18.9 Å². The summed E-state index contributed by atoms with van der Waals surface area (Å²) < 4.78 is 11.0. The lowest BCUT2D eigenvalue weighted by molar-refractivity contribution is -0.129. The number of benzene rings is 1. The van der Waals surface area contributed by atoms with E-state index in [2.05, 4.69) is 5.32 Å². The van der Waals surface area contributed by atoms with E-state index in [1.165, 1.54) is 12.8 Å². The molecule has 0 bridgehead atoms. The van der Waals surface area contributed by atoms with E-state index in [0.29, 0.717) is 19.1 Å². The largest absolute Gasteiger partial charge is 0.497 e. The van der Waals surface area contributed by atoms with E-state index < -0.39 is 0 Å². The van der Waals surface area contributed by atoms with E-state index >= 15 is 0 Å². The van der Waals surface area contributed by atoms with Crippen molar-refractivity contribution >= 4 is 5.91 Å². The molecule has 1 aliphatic carbocycles. The van der Waals surface area contributed by atoms with Crippen LogP contribution in [-0.4, -0.2) is 44.7 Å². The van der Waals surface area contributed by atoms with Crippen LogP contribution in [-0.2, 0) is 11.3 Å². The van der Waals surface area contributed by atoms with Crippen molar-refractivity contribution in [2.75, 3.05) is 27.8 Å². The van der Waals surface area contributed by atoms with Crippen LogP contribution in [0, 0.1) is 0 Å². The summed E-state index contributed by atoms with van der Waals surface area (Å²) in [6.07, 6.45) is 2.88. The van der Waals surface area contributed by atoms with Gasteiger partial charge in [0.1, 0.15) is 11.5 Å². The van der Waals surface area contributed by atoms with Crippen molar-refractivity contribution < 1.29 is 14.3 Å². The highest BCUT2D eigenvalue weighted by Crippen LogP contribution is 2.26. The van der Waals surface area contributed by atoms with Gasteiger partial charge >= 0.3 is 0 Å². The number of nitrogens with one attached hydrogen (secondary N) is 1. The summed E-state index contributed by atoms with van der Waals surface area (Å²) in [5, 5.41) is 3.47. The highest BCUT2D eigenvalue weighted by molar-refractivity contribution is 5.75. The Kier molecular flexibility index (Phi) is 5.44. The van der Waals surface area contributed by atoms with Crippen molar-refractivity contribution in [3.63, 3.8) is 0 Å². The third-order valence-electron chi connectivity index (χ3n) is 3.51. The number of hydrogen-bond acceptors (Lipinski definition) is 4. The lowest BCUT2D eigenvalue weighted by Gasteiger charge is -2.15. The van der Waals surface area contributed by atoms with Gasteiger partial charge in [-0.25, -0.2) is 0 Å². The highest BCUT2D eigenvalue weighted by atomic mass is 16.5. The first kappa shape index (κ1) is 15.6. The van der Waals surface area contributed by atoms with Crippen LogP contribution in [0.5, 0.6) is 11.5 Å². The molecular formula is C16H24N2O3. The minimum atomic E-state index is 0.0653. The Bertz CT molecular complexity index is 484. The van der Waals surface area contributed by atoms with Gasteiger partial charge in [-0.2, -0.15) is 0 Å². The summed E-state index contributed by atoms with van der Waals surface area (Å²) in [5.74, 6) is 1.61. The quantitative estimate of drug-likeness (QED) is 0.794. The Morgan fingerprint density at radius 3 is 2.76 bits per heavy atom. The maximum atomic E-state index is 11.6. The molecule has 1 aromatic rings. The molecule has 21 heavy (non-hydrogen) atoms. The number of amides is 1. The van der Waals surface area contributed by atoms with Crippen LogP contribution in [0.2, 0.25) is 0 Å². The molecule has 5 nitrogen and oxygen atoms in total. The van der Waals surface area contributed by atoms with E-state index in [0.717, 1.165) is 23.6 Å². The zero-order valence-electron chi connectivity index (χ0n) is 13.0. The second kappa shape index (κ2) is 7.31. The summed E-state index contributed by atoms with van der Waals surface area (Å²) in [4.78, 5) is 13.1. The molecule has 0 radical (unpaired) electrons. The Balaban J connectivity index is 1.94. The monoisotopic (exact) mass is 292 g/mol. The summed E-state index contributed by atoms with van der Waals surface area (Å²) in [5.41, 5.74) is 1.10. The molecule has 1 fully saturated rings. The molecule has 5 heteroatoms. The van der Waals surface area contributed by atoms with Gasteiger partial charge in [0.15, 0.2) is 0 Å². The summed E-state index contributed by atoms with van der Waals surface area (Å²) in [6, 6.07) is 6.47. The van der Waals surface area contributed by atoms with Crippen molar-refractivity contribution in [3.05, 3.63) is 23.8 Å². The van der Waals surface area contributed by atoms with Crippen LogP contribution in [0.4, 0.5) is 0 Å². The number of carbonyl (C=O) groups excluding carboxylic acids is 1. The molecule has 0 aromatic heterocycles. The fourth-order valence-corrected chi connectivity index (χ4v) is 1.96. The second-order valence-electron chi connectivity index (χ2n) is 5.52. The van der Waals surface area contributed by atoms with E-state index in [-0.39, 0.29) is 5.91 Å². The van der Waals surface area contributed by atoms with Gasteiger partial charge in [0, 0.05) is 38.3 Å². The number of rotatable bonds is 8. The van der Waals surface area contributed by atoms with Gasteiger partial charge in [-0.1, -0.05) is 6.07 Å². The maximum Gasteiger partial charge on any atom is 0.225 e. The van der Waals surface area contributed by atoms with Gasteiger partial charge in [0.25, 0.3) is 0 Å². The molecule has 2 rings (SSSR count). The van der Waals surface area contributed by atoms with Crippen molar-refractivity contribution in [2.24, 2.45) is 0 Å². The zero-order valence-corrected chi connectivity index (χ0v) is 13.0. The molecule has 1 aromatic carbocycles. The maximum absolute atomic E-state index is 11.6. The third-order valence-corrected chi connectivity index (χ3v) is 3.51. The normalized spacial score (nSPS) is 13.9. The van der Waals surface area contributed by atoms with Crippen molar-refractivity contribution in [2.45, 2.75) is 31.8 Å². The average molecular weight is 292 g/mol. The lowest BCUT2D eigenvalue weighted by atomic mass is 10.2. The predicted octanol–water partition coefficient (Wildman–Crippen LogP) is 1.80. The molecule has 0 unspecified atom stereocenters. The van der Waals surface area contributed by atoms with Gasteiger partial charge < -0.3 is 19.7 Å². The van der Waals surface area contributed by atoms with Gasteiger partial charge in [-0.15, -0.1) is 0 Å². The Hall–Kier alpha value is -1.75. The Labute approximate surface area is 126 Å². The SMILES string of the molecule is COc1ccc(CNC2CC2)c(OCCC(=O)N(C)C)c1. The Morgan fingerprint density at radius 1 is 1.38 bits per heavy atom. The Morgan fingerprint density at radius 2 is 2.14 bits per heavy atom. The number of methoxy groups -OCH3 is 1. The average Bonchev–Trinajstić information content (AvgIpc) is 3.29.